The molecule has 0 saturated carbocycles. The fourth-order valence-corrected chi connectivity index (χ4v) is 3.71. The molecule has 0 aliphatic carbocycles. The fraction of sp³-hybridized carbons (Fsp3) is 0.619. The highest BCUT2D eigenvalue weighted by atomic mass is 16.1. The second-order valence-corrected chi connectivity index (χ2v) is 8.37. The van der Waals surface area contributed by atoms with Crippen molar-refractivity contribution >= 4 is 17.6 Å². The highest BCUT2D eigenvalue weighted by Gasteiger charge is 2.25. The van der Waals surface area contributed by atoms with E-state index in [1.54, 1.807) is 0 Å². The third-order valence-corrected chi connectivity index (χ3v) is 4.59. The zero-order valence-corrected chi connectivity index (χ0v) is 16.9. The average molecular weight is 359 g/mol. The summed E-state index contributed by atoms with van der Waals surface area (Å²) in [7, 11) is 0. The van der Waals surface area contributed by atoms with E-state index in [4.69, 9.17) is 4.99 Å². The predicted octanol–water partition coefficient (Wildman–Crippen LogP) is 3.74. The van der Waals surface area contributed by atoms with Crippen LogP contribution in [0.25, 0.3) is 0 Å². The molecule has 1 amide bonds. The van der Waals surface area contributed by atoms with E-state index in [1.807, 2.05) is 18.2 Å². The van der Waals surface area contributed by atoms with Crippen LogP contribution in [-0.4, -0.2) is 31.5 Å². The maximum atomic E-state index is 12.0. The molecule has 1 aromatic rings. The lowest BCUT2D eigenvalue weighted by Crippen LogP contribution is -2.41. The van der Waals surface area contributed by atoms with Gasteiger partial charge in [0.2, 0.25) is 5.91 Å². The summed E-state index contributed by atoms with van der Waals surface area (Å²) in [5, 5.41) is 9.71. The first kappa shape index (κ1) is 20.3. The zero-order chi connectivity index (χ0) is 19.2. The van der Waals surface area contributed by atoms with E-state index in [0.29, 0.717) is 18.9 Å². The van der Waals surface area contributed by atoms with Crippen LogP contribution in [0.3, 0.4) is 0 Å². The Labute approximate surface area is 158 Å². The number of anilines is 1. The summed E-state index contributed by atoms with van der Waals surface area (Å²) in [6, 6.07) is 8.04. The van der Waals surface area contributed by atoms with Crippen molar-refractivity contribution in [3.8, 4) is 0 Å². The van der Waals surface area contributed by atoms with E-state index in [9.17, 15) is 4.79 Å². The van der Waals surface area contributed by atoms with Crippen molar-refractivity contribution < 1.29 is 4.79 Å². The molecule has 1 unspecified atom stereocenters. The third-order valence-electron chi connectivity index (χ3n) is 4.59. The van der Waals surface area contributed by atoms with Crippen LogP contribution in [0.5, 0.6) is 0 Å². The van der Waals surface area contributed by atoms with Crippen LogP contribution in [0.1, 0.15) is 58.9 Å². The van der Waals surface area contributed by atoms with Crippen molar-refractivity contribution in [1.29, 1.82) is 0 Å². The monoisotopic (exact) mass is 358 g/mol. The Morgan fingerprint density at radius 2 is 2.04 bits per heavy atom. The maximum absolute atomic E-state index is 12.0. The molecule has 2 rings (SSSR count). The van der Waals surface area contributed by atoms with Crippen LogP contribution < -0.4 is 16.0 Å². The Hall–Kier alpha value is -2.04. The molecule has 0 saturated heterocycles. The molecule has 5 heteroatoms. The first-order chi connectivity index (χ1) is 12.3. The average Bonchev–Trinajstić information content (AvgIpc) is 2.56. The quantitative estimate of drug-likeness (QED) is 0.514. The number of para-hydroxylation sites is 1. The van der Waals surface area contributed by atoms with E-state index >= 15 is 0 Å². The van der Waals surface area contributed by atoms with Gasteiger partial charge in [-0.1, -0.05) is 45.9 Å². The summed E-state index contributed by atoms with van der Waals surface area (Å²) in [5.74, 6) is 1.73. The number of nitrogens with zero attached hydrogens (tertiary/aromatic N) is 1. The number of carbonyl (C=O) groups excluding carboxylic acids is 1. The molecule has 0 spiro atoms. The lowest BCUT2D eigenvalue weighted by molar-refractivity contribution is -0.116. The number of benzene rings is 1. The number of aliphatic imine (C=N–C) groups is 1. The lowest BCUT2D eigenvalue weighted by Gasteiger charge is -2.27. The number of carbonyl (C=O) groups is 1. The van der Waals surface area contributed by atoms with Gasteiger partial charge in [-0.05, 0) is 36.3 Å². The number of hydrogen-bond acceptors (Lipinski definition) is 2. The van der Waals surface area contributed by atoms with Gasteiger partial charge in [-0.3, -0.25) is 9.79 Å². The Bertz CT molecular complexity index is 637. The molecule has 0 bridgehead atoms. The van der Waals surface area contributed by atoms with Gasteiger partial charge in [-0.15, -0.1) is 0 Å². The van der Waals surface area contributed by atoms with E-state index in [0.717, 1.165) is 31.2 Å². The number of guanidine groups is 1. The summed E-state index contributed by atoms with van der Waals surface area (Å²) in [6.07, 6.45) is 1.65. The SMILES string of the molecule is CCNC(=NCC(C)(C)CC(C)C)NCC1CC(=O)Nc2ccccc21. The van der Waals surface area contributed by atoms with Gasteiger partial charge in [0, 0.05) is 37.7 Å². The second-order valence-electron chi connectivity index (χ2n) is 8.37. The molecule has 1 heterocycles. The Kier molecular flexibility index (Phi) is 7.06. The number of amides is 1. The van der Waals surface area contributed by atoms with Crippen molar-refractivity contribution in [3.63, 3.8) is 0 Å². The fourth-order valence-electron chi connectivity index (χ4n) is 3.71. The van der Waals surface area contributed by atoms with Gasteiger partial charge in [-0.2, -0.15) is 0 Å². The van der Waals surface area contributed by atoms with Gasteiger partial charge in [-0.25, -0.2) is 0 Å². The zero-order valence-electron chi connectivity index (χ0n) is 16.9. The standard InChI is InChI=1S/C21H34N4O/c1-6-22-20(24-14-21(4,5)12-15(2)3)23-13-16-11-19(26)25-18-10-8-7-9-17(16)18/h7-10,15-16H,6,11-14H2,1-5H3,(H,25,26)(H2,22,23,24). The van der Waals surface area contributed by atoms with Gasteiger partial charge in [0.25, 0.3) is 0 Å². The van der Waals surface area contributed by atoms with Gasteiger partial charge in [0.15, 0.2) is 5.96 Å². The maximum Gasteiger partial charge on any atom is 0.225 e. The molecule has 144 valence electrons. The Morgan fingerprint density at radius 1 is 1.31 bits per heavy atom. The van der Waals surface area contributed by atoms with Crippen molar-refractivity contribution in [1.82, 2.24) is 10.6 Å². The number of nitrogens with one attached hydrogen (secondary N) is 3. The van der Waals surface area contributed by atoms with Crippen LogP contribution >= 0.6 is 0 Å². The predicted molar refractivity (Wildman–Crippen MR) is 110 cm³/mol. The molecule has 1 atom stereocenters. The molecule has 1 aliphatic rings. The van der Waals surface area contributed by atoms with E-state index in [2.05, 4.69) is 56.6 Å². The van der Waals surface area contributed by atoms with Crippen LogP contribution in [0.4, 0.5) is 5.69 Å². The van der Waals surface area contributed by atoms with Crippen LogP contribution in [0.15, 0.2) is 29.3 Å². The highest BCUT2D eigenvalue weighted by molar-refractivity contribution is 5.94. The summed E-state index contributed by atoms with van der Waals surface area (Å²) in [5.41, 5.74) is 2.29. The molecule has 3 N–H and O–H groups in total. The van der Waals surface area contributed by atoms with E-state index < -0.39 is 0 Å². The first-order valence-corrected chi connectivity index (χ1v) is 9.71. The van der Waals surface area contributed by atoms with Crippen molar-refractivity contribution in [2.24, 2.45) is 16.3 Å². The van der Waals surface area contributed by atoms with E-state index in [1.165, 1.54) is 5.56 Å². The minimum atomic E-state index is 0.0792. The van der Waals surface area contributed by atoms with Crippen LogP contribution in [-0.2, 0) is 4.79 Å². The molecule has 0 fully saturated rings. The summed E-state index contributed by atoms with van der Waals surface area (Å²) in [4.78, 5) is 16.8. The minimum absolute atomic E-state index is 0.0792. The lowest BCUT2D eigenvalue weighted by atomic mass is 9.84. The Morgan fingerprint density at radius 3 is 2.73 bits per heavy atom. The van der Waals surface area contributed by atoms with Gasteiger partial charge >= 0.3 is 0 Å². The third kappa shape index (κ3) is 6.04. The van der Waals surface area contributed by atoms with E-state index in [-0.39, 0.29) is 17.2 Å². The van der Waals surface area contributed by atoms with Crippen molar-refractivity contribution in [3.05, 3.63) is 29.8 Å². The summed E-state index contributed by atoms with van der Waals surface area (Å²) < 4.78 is 0. The van der Waals surface area contributed by atoms with Gasteiger partial charge < -0.3 is 16.0 Å². The number of hydrogen-bond donors (Lipinski definition) is 3. The van der Waals surface area contributed by atoms with Gasteiger partial charge in [0.1, 0.15) is 0 Å². The molecule has 0 aromatic heterocycles. The normalized spacial score (nSPS) is 17.7. The first-order valence-electron chi connectivity index (χ1n) is 9.71. The smallest absolute Gasteiger partial charge is 0.225 e. The van der Waals surface area contributed by atoms with Crippen molar-refractivity contribution in [2.75, 3.05) is 25.0 Å². The topological polar surface area (TPSA) is 65.5 Å². The van der Waals surface area contributed by atoms with Crippen LogP contribution in [0, 0.1) is 11.3 Å². The molecule has 1 aromatic carbocycles. The second kappa shape index (κ2) is 9.06. The summed E-state index contributed by atoms with van der Waals surface area (Å²) in [6.45, 7) is 13.4. The molecule has 26 heavy (non-hydrogen) atoms. The molecular formula is C21H34N4O. The number of fused-ring (bicyclic) bond motifs is 1. The summed E-state index contributed by atoms with van der Waals surface area (Å²) >= 11 is 0. The minimum Gasteiger partial charge on any atom is -0.357 e. The highest BCUT2D eigenvalue weighted by Crippen LogP contribution is 2.31. The number of rotatable bonds is 7. The molecule has 1 aliphatic heterocycles. The molecule has 5 nitrogen and oxygen atoms in total. The Balaban J connectivity index is 2.02. The molecular weight excluding hydrogens is 324 g/mol. The van der Waals surface area contributed by atoms with Crippen molar-refractivity contribution in [2.45, 2.75) is 53.4 Å². The largest absolute Gasteiger partial charge is 0.357 e. The van der Waals surface area contributed by atoms with Gasteiger partial charge in [0.05, 0.1) is 0 Å². The molecule has 0 radical (unpaired) electrons. The van der Waals surface area contributed by atoms with Crippen LogP contribution in [0.2, 0.25) is 0 Å².